The summed E-state index contributed by atoms with van der Waals surface area (Å²) in [5.74, 6) is 0.631. The van der Waals surface area contributed by atoms with Crippen molar-refractivity contribution in [3.63, 3.8) is 0 Å². The number of amides is 1. The van der Waals surface area contributed by atoms with Crippen LogP contribution in [0.4, 0.5) is 0 Å². The molecule has 2 heterocycles. The first-order valence-corrected chi connectivity index (χ1v) is 6.81. The zero-order chi connectivity index (χ0) is 12.4. The van der Waals surface area contributed by atoms with Crippen LogP contribution < -0.4 is 0 Å². The fraction of sp³-hybridized carbons (Fsp3) is 0.538. The zero-order valence-electron chi connectivity index (χ0n) is 10.2. The molecule has 92 valence electrons. The number of hydrogen-bond donors (Lipinski definition) is 0. The molecule has 3 nitrogen and oxygen atoms in total. The number of hydrogen-bond acceptors (Lipinski definition) is 2. The molecule has 1 aromatic heterocycles. The molecule has 1 aliphatic heterocycles. The van der Waals surface area contributed by atoms with Gasteiger partial charge in [-0.05, 0) is 46.8 Å². The molecule has 0 spiro atoms. The first kappa shape index (κ1) is 12.6. The smallest absolute Gasteiger partial charge is 0.255 e. The number of likely N-dealkylation sites (tertiary alicyclic amines) is 1. The van der Waals surface area contributed by atoms with Gasteiger partial charge in [-0.3, -0.25) is 4.79 Å². The van der Waals surface area contributed by atoms with E-state index in [2.05, 4.69) is 34.8 Å². The van der Waals surface area contributed by atoms with Gasteiger partial charge in [0.1, 0.15) is 4.60 Å². The van der Waals surface area contributed by atoms with Gasteiger partial charge >= 0.3 is 0 Å². The summed E-state index contributed by atoms with van der Waals surface area (Å²) in [4.78, 5) is 18.5. The molecule has 2 rings (SSSR count). The minimum atomic E-state index is 0.112. The fourth-order valence-corrected chi connectivity index (χ4v) is 2.64. The predicted molar refractivity (Wildman–Crippen MR) is 70.8 cm³/mol. The van der Waals surface area contributed by atoms with E-state index in [9.17, 15) is 4.79 Å². The Labute approximate surface area is 110 Å². The number of aromatic nitrogens is 1. The lowest BCUT2D eigenvalue weighted by atomic mass is 10.0. The summed E-state index contributed by atoms with van der Waals surface area (Å²) in [6.45, 7) is 5.23. The highest BCUT2D eigenvalue weighted by Crippen LogP contribution is 2.25. The van der Waals surface area contributed by atoms with Crippen molar-refractivity contribution < 1.29 is 4.79 Å². The summed E-state index contributed by atoms with van der Waals surface area (Å²) in [7, 11) is 0. The maximum atomic E-state index is 12.3. The Morgan fingerprint density at radius 2 is 2.29 bits per heavy atom. The lowest BCUT2D eigenvalue weighted by molar-refractivity contribution is 0.0701. The summed E-state index contributed by atoms with van der Waals surface area (Å²) < 4.78 is 0.760. The first-order chi connectivity index (χ1) is 8.09. The Morgan fingerprint density at radius 1 is 1.53 bits per heavy atom. The number of nitrogens with zero attached hydrogens (tertiary/aromatic N) is 2. The van der Waals surface area contributed by atoms with Gasteiger partial charge in [-0.15, -0.1) is 0 Å². The molecule has 1 aliphatic rings. The molecule has 1 aromatic rings. The Balaban J connectivity index is 2.17. The van der Waals surface area contributed by atoms with Crippen molar-refractivity contribution >= 4 is 21.8 Å². The molecule has 1 unspecified atom stereocenters. The van der Waals surface area contributed by atoms with Crippen LogP contribution in [-0.2, 0) is 0 Å². The average molecular weight is 297 g/mol. The Morgan fingerprint density at radius 3 is 2.88 bits per heavy atom. The molecule has 4 heteroatoms. The van der Waals surface area contributed by atoms with E-state index in [1.807, 2.05) is 17.0 Å². The van der Waals surface area contributed by atoms with Gasteiger partial charge in [0, 0.05) is 18.8 Å². The van der Waals surface area contributed by atoms with Crippen molar-refractivity contribution in [2.75, 3.05) is 6.54 Å². The minimum Gasteiger partial charge on any atom is -0.335 e. The van der Waals surface area contributed by atoms with E-state index in [0.29, 0.717) is 17.5 Å². The monoisotopic (exact) mass is 296 g/mol. The van der Waals surface area contributed by atoms with Gasteiger partial charge in [0.2, 0.25) is 0 Å². The third-order valence-corrected chi connectivity index (χ3v) is 3.77. The topological polar surface area (TPSA) is 33.2 Å². The van der Waals surface area contributed by atoms with Crippen molar-refractivity contribution in [2.45, 2.75) is 32.7 Å². The van der Waals surface area contributed by atoms with Crippen LogP contribution in [0.5, 0.6) is 0 Å². The molecule has 0 radical (unpaired) electrons. The molecule has 0 saturated carbocycles. The van der Waals surface area contributed by atoms with E-state index in [1.165, 1.54) is 0 Å². The largest absolute Gasteiger partial charge is 0.335 e. The average Bonchev–Trinajstić information content (AvgIpc) is 2.78. The second-order valence-corrected chi connectivity index (χ2v) is 5.63. The maximum absolute atomic E-state index is 12.3. The predicted octanol–water partition coefficient (Wildman–Crippen LogP) is 3.10. The maximum Gasteiger partial charge on any atom is 0.255 e. The van der Waals surface area contributed by atoms with Crippen LogP contribution >= 0.6 is 15.9 Å². The molecule has 1 atom stereocenters. The van der Waals surface area contributed by atoms with E-state index in [1.54, 1.807) is 6.20 Å². The number of carbonyl (C=O) groups excluding carboxylic acids is 1. The van der Waals surface area contributed by atoms with Gasteiger partial charge in [0.25, 0.3) is 5.91 Å². The standard InChI is InChI=1S/C13H17BrN2O/c1-9(2)11-4-3-7-16(11)13(17)10-5-6-12(14)15-8-10/h5-6,8-9,11H,3-4,7H2,1-2H3. The Kier molecular flexibility index (Phi) is 3.82. The summed E-state index contributed by atoms with van der Waals surface area (Å²) in [5, 5.41) is 0. The van der Waals surface area contributed by atoms with Crippen molar-refractivity contribution in [1.82, 2.24) is 9.88 Å². The highest BCUT2D eigenvalue weighted by Gasteiger charge is 2.31. The lowest BCUT2D eigenvalue weighted by Crippen LogP contribution is -2.38. The lowest BCUT2D eigenvalue weighted by Gasteiger charge is -2.27. The van der Waals surface area contributed by atoms with Crippen LogP contribution in [0, 0.1) is 5.92 Å². The molecular formula is C13H17BrN2O. The molecule has 17 heavy (non-hydrogen) atoms. The van der Waals surface area contributed by atoms with Crippen LogP contribution in [0.3, 0.4) is 0 Å². The quantitative estimate of drug-likeness (QED) is 0.786. The van der Waals surface area contributed by atoms with Crippen molar-refractivity contribution in [2.24, 2.45) is 5.92 Å². The van der Waals surface area contributed by atoms with Crippen LogP contribution in [0.2, 0.25) is 0 Å². The summed E-state index contributed by atoms with van der Waals surface area (Å²) in [6.07, 6.45) is 3.87. The molecule has 1 fully saturated rings. The molecule has 1 saturated heterocycles. The molecular weight excluding hydrogens is 280 g/mol. The minimum absolute atomic E-state index is 0.112. The highest BCUT2D eigenvalue weighted by molar-refractivity contribution is 9.10. The van der Waals surface area contributed by atoms with E-state index >= 15 is 0 Å². The summed E-state index contributed by atoms with van der Waals surface area (Å²) in [5.41, 5.74) is 0.681. The molecule has 0 aliphatic carbocycles. The second kappa shape index (κ2) is 5.17. The summed E-state index contributed by atoms with van der Waals surface area (Å²) >= 11 is 3.28. The van der Waals surface area contributed by atoms with Crippen LogP contribution in [0.15, 0.2) is 22.9 Å². The molecule has 0 bridgehead atoms. The van der Waals surface area contributed by atoms with Crippen LogP contribution in [0.25, 0.3) is 0 Å². The van der Waals surface area contributed by atoms with Crippen molar-refractivity contribution in [3.8, 4) is 0 Å². The second-order valence-electron chi connectivity index (χ2n) is 4.82. The van der Waals surface area contributed by atoms with Crippen molar-refractivity contribution in [3.05, 3.63) is 28.5 Å². The molecule has 0 aromatic carbocycles. The van der Waals surface area contributed by atoms with Gasteiger partial charge in [0.15, 0.2) is 0 Å². The first-order valence-electron chi connectivity index (χ1n) is 6.02. The van der Waals surface area contributed by atoms with Gasteiger partial charge < -0.3 is 4.90 Å². The van der Waals surface area contributed by atoms with Crippen LogP contribution in [-0.4, -0.2) is 28.4 Å². The number of pyridine rings is 1. The molecule has 0 N–H and O–H groups in total. The SMILES string of the molecule is CC(C)C1CCCN1C(=O)c1ccc(Br)nc1. The van der Waals surface area contributed by atoms with Crippen LogP contribution in [0.1, 0.15) is 37.0 Å². The third-order valence-electron chi connectivity index (χ3n) is 3.30. The van der Waals surface area contributed by atoms with Gasteiger partial charge in [-0.1, -0.05) is 13.8 Å². The number of carbonyl (C=O) groups is 1. The van der Waals surface area contributed by atoms with E-state index in [4.69, 9.17) is 0 Å². The van der Waals surface area contributed by atoms with Gasteiger partial charge in [-0.2, -0.15) is 0 Å². The van der Waals surface area contributed by atoms with Gasteiger partial charge in [0.05, 0.1) is 5.56 Å². The Bertz CT molecular complexity index is 402. The van der Waals surface area contributed by atoms with Crippen molar-refractivity contribution in [1.29, 1.82) is 0 Å². The normalized spacial score (nSPS) is 20.0. The van der Waals surface area contributed by atoms with E-state index in [0.717, 1.165) is 24.0 Å². The zero-order valence-corrected chi connectivity index (χ0v) is 11.8. The van der Waals surface area contributed by atoms with Gasteiger partial charge in [-0.25, -0.2) is 4.98 Å². The number of halogens is 1. The summed E-state index contributed by atoms with van der Waals surface area (Å²) in [6, 6.07) is 4.02. The highest BCUT2D eigenvalue weighted by atomic mass is 79.9. The van der Waals surface area contributed by atoms with E-state index in [-0.39, 0.29) is 5.91 Å². The van der Waals surface area contributed by atoms with E-state index < -0.39 is 0 Å². The Hall–Kier alpha value is -0.900. The molecule has 1 amide bonds. The number of rotatable bonds is 2. The third kappa shape index (κ3) is 2.68. The fourth-order valence-electron chi connectivity index (χ4n) is 2.41.